The van der Waals surface area contributed by atoms with E-state index in [2.05, 4.69) is 31.8 Å². The van der Waals surface area contributed by atoms with E-state index in [0.717, 1.165) is 51.3 Å². The Balaban J connectivity index is 1.46. The van der Waals surface area contributed by atoms with Crippen LogP contribution in [0.5, 0.6) is 5.75 Å². The fourth-order valence-corrected chi connectivity index (χ4v) is 5.52. The minimum absolute atomic E-state index is 0.0674. The molecule has 6 rings (SSSR count). The van der Waals surface area contributed by atoms with Gasteiger partial charge in [-0.3, -0.25) is 4.79 Å². The molecule has 0 fully saturated rings. The smallest absolute Gasteiger partial charge is 0.274 e. The molecule has 0 atom stereocenters. The molecule has 0 bridgehead atoms. The summed E-state index contributed by atoms with van der Waals surface area (Å²) in [6.07, 6.45) is 4.92. The number of hydrogen-bond acceptors (Lipinski definition) is 5. The summed E-state index contributed by atoms with van der Waals surface area (Å²) < 4.78 is 10.2. The highest BCUT2D eigenvalue weighted by molar-refractivity contribution is 7.15. The molecule has 0 aliphatic rings. The topological polar surface area (TPSA) is 61.4 Å². The monoisotopic (exact) mass is 520 g/mol. The van der Waals surface area contributed by atoms with Gasteiger partial charge in [-0.25, -0.2) is 14.1 Å². The van der Waals surface area contributed by atoms with Crippen LogP contribution in [0.4, 0.5) is 0 Å². The number of rotatable bonds is 7. The normalized spacial score (nSPS) is 12.3. The van der Waals surface area contributed by atoms with Gasteiger partial charge in [0.05, 0.1) is 27.9 Å². The molecule has 6 nitrogen and oxygen atoms in total. The third-order valence-electron chi connectivity index (χ3n) is 6.60. The summed E-state index contributed by atoms with van der Waals surface area (Å²) >= 11 is 1.40. The molecular formula is C31H28N4O2S. The van der Waals surface area contributed by atoms with Crippen LogP contribution in [-0.4, -0.2) is 25.8 Å². The molecule has 0 saturated carbocycles. The number of para-hydroxylation sites is 3. The largest absolute Gasteiger partial charge is 0.493 e. The van der Waals surface area contributed by atoms with Gasteiger partial charge in [0.15, 0.2) is 4.96 Å². The Morgan fingerprint density at radius 2 is 1.82 bits per heavy atom. The van der Waals surface area contributed by atoms with Gasteiger partial charge < -0.3 is 4.74 Å². The van der Waals surface area contributed by atoms with Crippen molar-refractivity contribution in [3.63, 3.8) is 0 Å². The van der Waals surface area contributed by atoms with Gasteiger partial charge in [-0.05, 0) is 73.4 Å². The fraction of sp³-hybridized carbons (Fsp3) is 0.194. The molecule has 6 aromatic rings. The minimum Gasteiger partial charge on any atom is -0.493 e. The predicted molar refractivity (Wildman–Crippen MR) is 154 cm³/mol. The van der Waals surface area contributed by atoms with Gasteiger partial charge in [-0.1, -0.05) is 55.5 Å². The molecule has 3 aromatic carbocycles. The first-order chi connectivity index (χ1) is 18.5. The fourth-order valence-electron chi connectivity index (χ4n) is 4.55. The Morgan fingerprint density at radius 1 is 1.03 bits per heavy atom. The SMILES string of the molecule is Cc1cc(-c2nn(-c3ccccc3)cc2/C=c2\sc3nc4ccccc4n3c2=O)ccc1OCCC(C)C. The first-order valence-electron chi connectivity index (χ1n) is 12.8. The lowest BCUT2D eigenvalue weighted by Gasteiger charge is -2.11. The van der Waals surface area contributed by atoms with Crippen molar-refractivity contribution in [2.24, 2.45) is 5.92 Å². The van der Waals surface area contributed by atoms with Crippen molar-refractivity contribution >= 4 is 33.4 Å². The second kappa shape index (κ2) is 9.91. The Bertz CT molecular complexity index is 1870. The summed E-state index contributed by atoms with van der Waals surface area (Å²) in [4.78, 5) is 18.8. The highest BCUT2D eigenvalue weighted by Crippen LogP contribution is 2.29. The molecule has 0 spiro atoms. The average Bonchev–Trinajstić information content (AvgIpc) is 3.58. The maximum atomic E-state index is 13.4. The van der Waals surface area contributed by atoms with Gasteiger partial charge in [0, 0.05) is 17.3 Å². The summed E-state index contributed by atoms with van der Waals surface area (Å²) in [7, 11) is 0. The third-order valence-corrected chi connectivity index (χ3v) is 7.56. The van der Waals surface area contributed by atoms with Gasteiger partial charge in [0.25, 0.3) is 5.56 Å². The van der Waals surface area contributed by atoms with E-state index in [-0.39, 0.29) is 5.56 Å². The number of fused-ring (bicyclic) bond motifs is 3. The van der Waals surface area contributed by atoms with Crippen molar-refractivity contribution in [1.29, 1.82) is 0 Å². The molecule has 0 saturated heterocycles. The number of imidazole rings is 1. The molecule has 0 N–H and O–H groups in total. The summed E-state index contributed by atoms with van der Waals surface area (Å²) in [6.45, 7) is 7.14. The number of hydrogen-bond donors (Lipinski definition) is 0. The lowest BCUT2D eigenvalue weighted by atomic mass is 10.0. The van der Waals surface area contributed by atoms with Gasteiger partial charge >= 0.3 is 0 Å². The molecule has 190 valence electrons. The number of ether oxygens (including phenoxy) is 1. The van der Waals surface area contributed by atoms with Gasteiger partial charge in [0.1, 0.15) is 11.4 Å². The highest BCUT2D eigenvalue weighted by Gasteiger charge is 2.15. The van der Waals surface area contributed by atoms with Crippen LogP contribution in [0.15, 0.2) is 83.8 Å². The Kier molecular flexibility index (Phi) is 6.29. The molecular weight excluding hydrogens is 492 g/mol. The van der Waals surface area contributed by atoms with Crippen LogP contribution in [0, 0.1) is 12.8 Å². The van der Waals surface area contributed by atoms with Crippen LogP contribution in [0.2, 0.25) is 0 Å². The summed E-state index contributed by atoms with van der Waals surface area (Å²) in [5.41, 5.74) is 6.23. The standard InChI is InChI=1S/C31H28N4O2S/c1-20(2)15-16-37-27-14-13-22(17-21(27)3)29-23(19-34(33-29)24-9-5-4-6-10-24)18-28-30(36)35-26-12-8-7-11-25(26)32-31(35)38-28/h4-14,17-20H,15-16H2,1-3H3/b28-18-. The van der Waals surface area contributed by atoms with Crippen LogP contribution in [0.1, 0.15) is 31.4 Å². The first-order valence-corrected chi connectivity index (χ1v) is 13.6. The minimum atomic E-state index is -0.0674. The van der Waals surface area contributed by atoms with Gasteiger partial charge in [-0.2, -0.15) is 5.10 Å². The van der Waals surface area contributed by atoms with Crippen molar-refractivity contribution < 1.29 is 4.74 Å². The number of thiazole rings is 1. The quantitative estimate of drug-likeness (QED) is 0.257. The summed E-state index contributed by atoms with van der Waals surface area (Å²) in [5, 5.41) is 4.95. The van der Waals surface area contributed by atoms with E-state index >= 15 is 0 Å². The Morgan fingerprint density at radius 3 is 2.61 bits per heavy atom. The maximum absolute atomic E-state index is 13.4. The van der Waals surface area contributed by atoms with Crippen molar-refractivity contribution in [1.82, 2.24) is 19.2 Å². The summed E-state index contributed by atoms with van der Waals surface area (Å²) in [5.74, 6) is 1.48. The summed E-state index contributed by atoms with van der Waals surface area (Å²) in [6, 6.07) is 23.9. The Hall–Kier alpha value is -4.23. The van der Waals surface area contributed by atoms with Crippen LogP contribution in [0.3, 0.4) is 0 Å². The van der Waals surface area contributed by atoms with E-state index in [0.29, 0.717) is 22.0 Å². The molecule has 38 heavy (non-hydrogen) atoms. The van der Waals surface area contributed by atoms with Crippen LogP contribution in [-0.2, 0) is 0 Å². The third kappa shape index (κ3) is 4.50. The van der Waals surface area contributed by atoms with Gasteiger partial charge in [0.2, 0.25) is 0 Å². The van der Waals surface area contributed by atoms with E-state index in [1.165, 1.54) is 11.3 Å². The molecule has 3 aromatic heterocycles. The second-order valence-electron chi connectivity index (χ2n) is 9.86. The molecule has 0 aliphatic carbocycles. The van der Waals surface area contributed by atoms with Crippen LogP contribution in [0.25, 0.3) is 39.0 Å². The zero-order valence-electron chi connectivity index (χ0n) is 21.6. The highest BCUT2D eigenvalue weighted by atomic mass is 32.1. The maximum Gasteiger partial charge on any atom is 0.274 e. The predicted octanol–water partition coefficient (Wildman–Crippen LogP) is 6.04. The zero-order chi connectivity index (χ0) is 26.2. The number of nitrogens with zero attached hydrogens (tertiary/aromatic N) is 4. The van der Waals surface area contributed by atoms with Crippen LogP contribution >= 0.6 is 11.3 Å². The molecule has 0 unspecified atom stereocenters. The molecule has 7 heteroatoms. The van der Waals surface area contributed by atoms with E-state index in [1.807, 2.05) is 83.7 Å². The van der Waals surface area contributed by atoms with Gasteiger partial charge in [-0.15, -0.1) is 0 Å². The first kappa shape index (κ1) is 24.1. The van der Waals surface area contributed by atoms with E-state index in [4.69, 9.17) is 9.84 Å². The lowest BCUT2D eigenvalue weighted by Crippen LogP contribution is -2.22. The number of aromatic nitrogens is 4. The van der Waals surface area contributed by atoms with Crippen molar-refractivity contribution in [2.45, 2.75) is 27.2 Å². The Labute approximate surface area is 224 Å². The average molecular weight is 521 g/mol. The second-order valence-corrected chi connectivity index (χ2v) is 10.9. The van der Waals surface area contributed by atoms with E-state index < -0.39 is 0 Å². The molecule has 0 radical (unpaired) electrons. The number of aryl methyl sites for hydroxylation is 1. The van der Waals surface area contributed by atoms with Crippen molar-refractivity contribution in [2.75, 3.05) is 6.61 Å². The molecule has 0 amide bonds. The van der Waals surface area contributed by atoms with E-state index in [9.17, 15) is 4.79 Å². The zero-order valence-corrected chi connectivity index (χ0v) is 22.4. The lowest BCUT2D eigenvalue weighted by molar-refractivity contribution is 0.288. The molecule has 3 heterocycles. The number of benzene rings is 3. The molecule has 0 aliphatic heterocycles. The van der Waals surface area contributed by atoms with Crippen molar-refractivity contribution in [3.05, 3.63) is 105 Å². The van der Waals surface area contributed by atoms with Crippen molar-refractivity contribution in [3.8, 4) is 22.7 Å². The van der Waals surface area contributed by atoms with Crippen LogP contribution < -0.4 is 14.8 Å². The van der Waals surface area contributed by atoms with E-state index in [1.54, 1.807) is 4.40 Å².